The third-order valence-corrected chi connectivity index (χ3v) is 3.54. The summed E-state index contributed by atoms with van der Waals surface area (Å²) < 4.78 is 0. The molecule has 0 aliphatic carbocycles. The zero-order valence-electron chi connectivity index (χ0n) is 10.8. The van der Waals surface area contributed by atoms with Crippen LogP contribution in [0, 0.1) is 5.92 Å². The molecular formula is C13H21ClN4. The van der Waals surface area contributed by atoms with E-state index in [-0.39, 0.29) is 0 Å². The molecule has 100 valence electrons. The number of anilines is 2. The van der Waals surface area contributed by atoms with Crippen LogP contribution in [0.15, 0.2) is 12.3 Å². The molecular weight excluding hydrogens is 248 g/mol. The van der Waals surface area contributed by atoms with E-state index in [1.165, 1.54) is 25.9 Å². The second-order valence-corrected chi connectivity index (χ2v) is 5.50. The van der Waals surface area contributed by atoms with Crippen LogP contribution in [-0.2, 0) is 0 Å². The standard InChI is InChI=1S/C13H21ClN4/c1-10(9-18-4-2-3-5-18)7-16-13-12(14)6-11(15)8-17-13/h6,8,10H,2-5,7,9,15H2,1H3,(H,16,17). The topological polar surface area (TPSA) is 54.2 Å². The number of pyridine rings is 1. The van der Waals surface area contributed by atoms with Crippen molar-refractivity contribution in [3.63, 3.8) is 0 Å². The average molecular weight is 269 g/mol. The Morgan fingerprint density at radius 2 is 2.22 bits per heavy atom. The number of nitrogens with one attached hydrogen (secondary N) is 1. The number of likely N-dealkylation sites (tertiary alicyclic amines) is 1. The Hall–Kier alpha value is -1.00. The van der Waals surface area contributed by atoms with Crippen LogP contribution in [0.5, 0.6) is 0 Å². The minimum atomic E-state index is 0.582. The molecule has 0 bridgehead atoms. The van der Waals surface area contributed by atoms with Gasteiger partial charge in [0.05, 0.1) is 16.9 Å². The molecule has 1 saturated heterocycles. The Bertz CT molecular complexity index is 391. The number of halogens is 1. The fraction of sp³-hybridized carbons (Fsp3) is 0.615. The van der Waals surface area contributed by atoms with Crippen molar-refractivity contribution in [2.75, 3.05) is 37.2 Å². The molecule has 1 aromatic heterocycles. The third-order valence-electron chi connectivity index (χ3n) is 3.25. The van der Waals surface area contributed by atoms with E-state index < -0.39 is 0 Å². The monoisotopic (exact) mass is 268 g/mol. The molecule has 1 aliphatic heterocycles. The lowest BCUT2D eigenvalue weighted by Gasteiger charge is -2.20. The lowest BCUT2D eigenvalue weighted by molar-refractivity contribution is 0.294. The van der Waals surface area contributed by atoms with E-state index in [2.05, 4.69) is 22.1 Å². The van der Waals surface area contributed by atoms with Gasteiger partial charge in [0.2, 0.25) is 0 Å². The Morgan fingerprint density at radius 1 is 1.50 bits per heavy atom. The fourth-order valence-corrected chi connectivity index (χ4v) is 2.57. The average Bonchev–Trinajstić information content (AvgIpc) is 2.80. The van der Waals surface area contributed by atoms with E-state index in [9.17, 15) is 0 Å². The third kappa shape index (κ3) is 3.75. The molecule has 2 heterocycles. The molecule has 0 spiro atoms. The van der Waals surface area contributed by atoms with Gasteiger partial charge in [0.15, 0.2) is 0 Å². The quantitative estimate of drug-likeness (QED) is 0.861. The van der Waals surface area contributed by atoms with Crippen molar-refractivity contribution < 1.29 is 0 Å². The molecule has 1 aromatic rings. The van der Waals surface area contributed by atoms with Gasteiger partial charge >= 0.3 is 0 Å². The summed E-state index contributed by atoms with van der Waals surface area (Å²) >= 11 is 6.07. The zero-order valence-corrected chi connectivity index (χ0v) is 11.6. The number of aromatic nitrogens is 1. The van der Waals surface area contributed by atoms with Gasteiger partial charge in [-0.25, -0.2) is 4.98 Å². The minimum Gasteiger partial charge on any atom is -0.397 e. The summed E-state index contributed by atoms with van der Waals surface area (Å²) in [5.41, 5.74) is 6.20. The van der Waals surface area contributed by atoms with Gasteiger partial charge in [0.1, 0.15) is 5.82 Å². The molecule has 3 N–H and O–H groups in total. The van der Waals surface area contributed by atoms with Crippen molar-refractivity contribution in [1.82, 2.24) is 9.88 Å². The summed E-state index contributed by atoms with van der Waals surface area (Å²) in [7, 11) is 0. The Morgan fingerprint density at radius 3 is 2.89 bits per heavy atom. The smallest absolute Gasteiger partial charge is 0.144 e. The second-order valence-electron chi connectivity index (χ2n) is 5.09. The minimum absolute atomic E-state index is 0.582. The molecule has 4 nitrogen and oxygen atoms in total. The maximum atomic E-state index is 6.07. The van der Waals surface area contributed by atoms with E-state index in [4.69, 9.17) is 17.3 Å². The first-order valence-corrected chi connectivity index (χ1v) is 6.90. The summed E-state index contributed by atoms with van der Waals surface area (Å²) in [6.45, 7) is 6.75. The van der Waals surface area contributed by atoms with Crippen LogP contribution in [0.4, 0.5) is 11.5 Å². The maximum absolute atomic E-state index is 6.07. The number of nitrogens with zero attached hydrogens (tertiary/aromatic N) is 2. The SMILES string of the molecule is CC(CNc1ncc(N)cc1Cl)CN1CCCC1. The van der Waals surface area contributed by atoms with Gasteiger partial charge in [-0.2, -0.15) is 0 Å². The van der Waals surface area contributed by atoms with Gasteiger partial charge in [0, 0.05) is 13.1 Å². The molecule has 0 radical (unpaired) electrons. The highest BCUT2D eigenvalue weighted by Gasteiger charge is 2.14. The van der Waals surface area contributed by atoms with Crippen LogP contribution in [0.3, 0.4) is 0 Å². The second kappa shape index (κ2) is 6.25. The van der Waals surface area contributed by atoms with Gasteiger partial charge in [-0.15, -0.1) is 0 Å². The number of rotatable bonds is 5. The molecule has 1 aliphatic rings. The molecule has 0 amide bonds. The summed E-state index contributed by atoms with van der Waals surface area (Å²) in [4.78, 5) is 6.72. The maximum Gasteiger partial charge on any atom is 0.144 e. The molecule has 5 heteroatoms. The van der Waals surface area contributed by atoms with Crippen LogP contribution < -0.4 is 11.1 Å². The van der Waals surface area contributed by atoms with Crippen molar-refractivity contribution in [2.24, 2.45) is 5.92 Å². The Balaban J connectivity index is 1.79. The van der Waals surface area contributed by atoms with E-state index >= 15 is 0 Å². The van der Waals surface area contributed by atoms with Crippen LogP contribution in [0.2, 0.25) is 5.02 Å². The van der Waals surface area contributed by atoms with E-state index in [0.29, 0.717) is 16.6 Å². The summed E-state index contributed by atoms with van der Waals surface area (Å²) in [6.07, 6.45) is 4.30. The van der Waals surface area contributed by atoms with Crippen molar-refractivity contribution in [3.8, 4) is 0 Å². The summed E-state index contributed by atoms with van der Waals surface area (Å²) in [5, 5.41) is 3.88. The Labute approximate surface area is 114 Å². The van der Waals surface area contributed by atoms with Gasteiger partial charge in [-0.1, -0.05) is 18.5 Å². The van der Waals surface area contributed by atoms with E-state index in [1.807, 2.05) is 0 Å². The lowest BCUT2D eigenvalue weighted by Crippen LogP contribution is -2.29. The highest BCUT2D eigenvalue weighted by molar-refractivity contribution is 6.33. The van der Waals surface area contributed by atoms with Crippen LogP contribution >= 0.6 is 11.6 Å². The van der Waals surface area contributed by atoms with Crippen LogP contribution in [0.1, 0.15) is 19.8 Å². The van der Waals surface area contributed by atoms with Gasteiger partial charge in [0.25, 0.3) is 0 Å². The van der Waals surface area contributed by atoms with Crippen LogP contribution in [0.25, 0.3) is 0 Å². The zero-order chi connectivity index (χ0) is 13.0. The number of hydrogen-bond acceptors (Lipinski definition) is 4. The first-order valence-electron chi connectivity index (χ1n) is 6.52. The number of nitrogens with two attached hydrogens (primary N) is 1. The molecule has 18 heavy (non-hydrogen) atoms. The lowest BCUT2D eigenvalue weighted by atomic mass is 10.1. The molecule has 2 rings (SSSR count). The molecule has 0 aromatic carbocycles. The molecule has 1 unspecified atom stereocenters. The predicted octanol–water partition coefficient (Wildman–Crippen LogP) is 2.46. The fourth-order valence-electron chi connectivity index (χ4n) is 2.32. The van der Waals surface area contributed by atoms with Crippen molar-refractivity contribution in [2.45, 2.75) is 19.8 Å². The Kier molecular flexibility index (Phi) is 4.66. The van der Waals surface area contributed by atoms with Gasteiger partial charge in [-0.05, 0) is 37.9 Å². The molecule has 1 atom stereocenters. The van der Waals surface area contributed by atoms with Crippen LogP contribution in [-0.4, -0.2) is 36.1 Å². The number of hydrogen-bond donors (Lipinski definition) is 2. The molecule has 0 saturated carbocycles. The van der Waals surface area contributed by atoms with Crippen molar-refractivity contribution in [1.29, 1.82) is 0 Å². The van der Waals surface area contributed by atoms with Crippen molar-refractivity contribution in [3.05, 3.63) is 17.3 Å². The molecule has 1 fully saturated rings. The normalized spacial score (nSPS) is 17.9. The first-order chi connectivity index (χ1) is 8.65. The van der Waals surface area contributed by atoms with Gasteiger partial charge < -0.3 is 16.0 Å². The van der Waals surface area contributed by atoms with Crippen molar-refractivity contribution >= 4 is 23.1 Å². The highest BCUT2D eigenvalue weighted by atomic mass is 35.5. The van der Waals surface area contributed by atoms with Gasteiger partial charge in [-0.3, -0.25) is 0 Å². The number of nitrogen functional groups attached to an aromatic ring is 1. The highest BCUT2D eigenvalue weighted by Crippen LogP contribution is 2.21. The largest absolute Gasteiger partial charge is 0.397 e. The first kappa shape index (κ1) is 13.4. The summed E-state index contributed by atoms with van der Waals surface area (Å²) in [6, 6.07) is 1.72. The predicted molar refractivity (Wildman–Crippen MR) is 77.0 cm³/mol. The van der Waals surface area contributed by atoms with E-state index in [1.54, 1.807) is 12.3 Å². The summed E-state index contributed by atoms with van der Waals surface area (Å²) in [5.74, 6) is 1.30. The van der Waals surface area contributed by atoms with E-state index in [0.717, 1.165) is 18.9 Å².